The molecule has 0 fully saturated rings. The summed E-state index contributed by atoms with van der Waals surface area (Å²) in [6.45, 7) is 5.75. The summed E-state index contributed by atoms with van der Waals surface area (Å²) in [5, 5.41) is 9.30. The number of hydrogen-bond acceptors (Lipinski definition) is 4. The Morgan fingerprint density at radius 1 is 1.22 bits per heavy atom. The summed E-state index contributed by atoms with van der Waals surface area (Å²) in [6.07, 6.45) is 2.15. The summed E-state index contributed by atoms with van der Waals surface area (Å²) >= 11 is 0. The van der Waals surface area contributed by atoms with Gasteiger partial charge in [-0.15, -0.1) is 0 Å². The Morgan fingerprint density at radius 2 is 1.83 bits per heavy atom. The van der Waals surface area contributed by atoms with Crippen molar-refractivity contribution in [3.05, 3.63) is 24.3 Å². The lowest BCUT2D eigenvalue weighted by atomic mass is 10.1. The number of para-hydroxylation sites is 2. The van der Waals surface area contributed by atoms with E-state index in [1.54, 1.807) is 12.0 Å². The van der Waals surface area contributed by atoms with Gasteiger partial charge >= 0.3 is 0 Å². The number of hydrogen-bond donors (Lipinski definition) is 0. The average Bonchev–Trinajstić information content (AvgIpc) is 2.58. The lowest BCUT2D eigenvalue weighted by molar-refractivity contribution is -0.134. The topological polar surface area (TPSA) is 62.6 Å². The molecule has 0 N–H and O–H groups in total. The predicted molar refractivity (Wildman–Crippen MR) is 89.4 cm³/mol. The molecule has 1 amide bonds. The third-order valence-corrected chi connectivity index (χ3v) is 3.49. The highest BCUT2D eigenvalue weighted by Gasteiger charge is 2.23. The standard InChI is InChI=1S/C18H26N2O3/c1-4-11-20(12-5-2)18(21)15(14-19)10-13-23-17-9-7-6-8-16(17)22-3/h6-9,15H,4-5,10-13H2,1-3H3. The second-order valence-corrected chi connectivity index (χ2v) is 5.29. The van der Waals surface area contributed by atoms with Crippen LogP contribution in [0.2, 0.25) is 0 Å². The largest absolute Gasteiger partial charge is 0.493 e. The van der Waals surface area contributed by atoms with E-state index < -0.39 is 5.92 Å². The van der Waals surface area contributed by atoms with Crippen LogP contribution in [0.3, 0.4) is 0 Å². The van der Waals surface area contributed by atoms with Crippen molar-refractivity contribution in [1.29, 1.82) is 5.26 Å². The monoisotopic (exact) mass is 318 g/mol. The third-order valence-electron chi connectivity index (χ3n) is 3.49. The lowest BCUT2D eigenvalue weighted by Crippen LogP contribution is -2.37. The highest BCUT2D eigenvalue weighted by molar-refractivity contribution is 5.81. The van der Waals surface area contributed by atoms with Gasteiger partial charge in [0.25, 0.3) is 0 Å². The molecular weight excluding hydrogens is 292 g/mol. The number of ether oxygens (including phenoxy) is 2. The third kappa shape index (κ3) is 5.82. The normalized spacial score (nSPS) is 11.4. The van der Waals surface area contributed by atoms with E-state index in [0.29, 0.717) is 37.6 Å². The fraction of sp³-hybridized carbons (Fsp3) is 0.556. The van der Waals surface area contributed by atoms with Crippen LogP contribution >= 0.6 is 0 Å². The van der Waals surface area contributed by atoms with Gasteiger partial charge in [-0.05, 0) is 25.0 Å². The van der Waals surface area contributed by atoms with Crippen molar-refractivity contribution in [3.8, 4) is 17.6 Å². The van der Waals surface area contributed by atoms with Crippen LogP contribution in [0.5, 0.6) is 11.5 Å². The number of methoxy groups -OCH3 is 1. The van der Waals surface area contributed by atoms with Crippen molar-refractivity contribution in [1.82, 2.24) is 4.90 Å². The van der Waals surface area contributed by atoms with Crippen LogP contribution in [0, 0.1) is 17.2 Å². The molecule has 0 saturated carbocycles. The van der Waals surface area contributed by atoms with Crippen LogP contribution in [0.1, 0.15) is 33.1 Å². The number of carbonyl (C=O) groups is 1. The van der Waals surface area contributed by atoms with E-state index >= 15 is 0 Å². The molecule has 5 heteroatoms. The Bertz CT molecular complexity index is 519. The predicted octanol–water partition coefficient (Wildman–Crippen LogP) is 3.25. The van der Waals surface area contributed by atoms with Crippen LogP contribution < -0.4 is 9.47 Å². The maximum absolute atomic E-state index is 12.4. The van der Waals surface area contributed by atoms with Gasteiger partial charge in [0.15, 0.2) is 11.5 Å². The number of benzene rings is 1. The maximum atomic E-state index is 12.4. The molecule has 0 radical (unpaired) electrons. The van der Waals surface area contributed by atoms with Crippen molar-refractivity contribution in [2.75, 3.05) is 26.8 Å². The summed E-state index contributed by atoms with van der Waals surface area (Å²) in [4.78, 5) is 14.2. The molecule has 5 nitrogen and oxygen atoms in total. The first kappa shape index (κ1) is 18.8. The van der Waals surface area contributed by atoms with Crippen molar-refractivity contribution in [2.45, 2.75) is 33.1 Å². The van der Waals surface area contributed by atoms with Gasteiger partial charge in [-0.25, -0.2) is 0 Å². The van der Waals surface area contributed by atoms with Gasteiger partial charge in [0.05, 0.1) is 19.8 Å². The molecule has 23 heavy (non-hydrogen) atoms. The molecule has 1 atom stereocenters. The van der Waals surface area contributed by atoms with Gasteiger partial charge in [-0.3, -0.25) is 4.79 Å². The first-order chi connectivity index (χ1) is 11.2. The molecule has 0 aliphatic heterocycles. The summed E-state index contributed by atoms with van der Waals surface area (Å²) in [5.74, 6) is 0.506. The second-order valence-electron chi connectivity index (χ2n) is 5.29. The fourth-order valence-corrected chi connectivity index (χ4v) is 2.36. The van der Waals surface area contributed by atoms with Crippen molar-refractivity contribution in [2.24, 2.45) is 5.92 Å². The molecule has 1 aromatic carbocycles. The first-order valence-corrected chi connectivity index (χ1v) is 8.12. The number of nitrogens with zero attached hydrogens (tertiary/aromatic N) is 2. The molecule has 1 aromatic rings. The molecule has 0 saturated heterocycles. The highest BCUT2D eigenvalue weighted by atomic mass is 16.5. The molecule has 1 rings (SSSR count). The summed E-state index contributed by atoms with van der Waals surface area (Å²) in [7, 11) is 1.58. The molecular formula is C18H26N2O3. The Hall–Kier alpha value is -2.22. The molecule has 126 valence electrons. The summed E-state index contributed by atoms with van der Waals surface area (Å²) in [6, 6.07) is 9.45. The Labute approximate surface area is 138 Å². The van der Waals surface area contributed by atoms with E-state index in [1.165, 1.54) is 0 Å². The molecule has 1 unspecified atom stereocenters. The zero-order valence-corrected chi connectivity index (χ0v) is 14.2. The van der Waals surface area contributed by atoms with Gasteiger partial charge in [-0.2, -0.15) is 5.26 Å². The van der Waals surface area contributed by atoms with E-state index in [0.717, 1.165) is 12.8 Å². The maximum Gasteiger partial charge on any atom is 0.240 e. The zero-order valence-electron chi connectivity index (χ0n) is 14.2. The van der Waals surface area contributed by atoms with Gasteiger partial charge in [-0.1, -0.05) is 26.0 Å². The van der Waals surface area contributed by atoms with Crippen molar-refractivity contribution < 1.29 is 14.3 Å². The van der Waals surface area contributed by atoms with Crippen molar-refractivity contribution >= 4 is 5.91 Å². The minimum Gasteiger partial charge on any atom is -0.493 e. The van der Waals surface area contributed by atoms with Crippen molar-refractivity contribution in [3.63, 3.8) is 0 Å². The number of amides is 1. The minimum atomic E-state index is -0.664. The molecule has 0 aliphatic carbocycles. The van der Waals surface area contributed by atoms with E-state index in [1.807, 2.05) is 38.1 Å². The summed E-state index contributed by atoms with van der Waals surface area (Å²) in [5.41, 5.74) is 0. The second kappa shape index (κ2) is 10.5. The average molecular weight is 318 g/mol. The van der Waals surface area contributed by atoms with Crippen LogP contribution in [0.15, 0.2) is 24.3 Å². The van der Waals surface area contributed by atoms with E-state index in [-0.39, 0.29) is 5.91 Å². The molecule has 0 bridgehead atoms. The van der Waals surface area contributed by atoms with Gasteiger partial charge < -0.3 is 14.4 Å². The van der Waals surface area contributed by atoms with Crippen LogP contribution in [-0.2, 0) is 4.79 Å². The highest BCUT2D eigenvalue weighted by Crippen LogP contribution is 2.26. The minimum absolute atomic E-state index is 0.0974. The van der Waals surface area contributed by atoms with E-state index in [4.69, 9.17) is 9.47 Å². The zero-order chi connectivity index (χ0) is 17.1. The Balaban J connectivity index is 2.59. The van der Waals surface area contributed by atoms with Crippen LogP contribution in [0.4, 0.5) is 0 Å². The molecule has 0 spiro atoms. The first-order valence-electron chi connectivity index (χ1n) is 8.12. The van der Waals surface area contributed by atoms with Gasteiger partial charge in [0.1, 0.15) is 5.92 Å². The number of nitriles is 1. The number of rotatable bonds is 10. The van der Waals surface area contributed by atoms with Crippen LogP contribution in [0.25, 0.3) is 0 Å². The van der Waals surface area contributed by atoms with Crippen LogP contribution in [-0.4, -0.2) is 37.6 Å². The van der Waals surface area contributed by atoms with Gasteiger partial charge in [0.2, 0.25) is 5.91 Å². The molecule has 0 heterocycles. The summed E-state index contributed by atoms with van der Waals surface area (Å²) < 4.78 is 10.9. The van der Waals surface area contributed by atoms with E-state index in [9.17, 15) is 10.1 Å². The quantitative estimate of drug-likeness (QED) is 0.664. The van der Waals surface area contributed by atoms with E-state index in [2.05, 4.69) is 6.07 Å². The smallest absolute Gasteiger partial charge is 0.240 e. The molecule has 0 aromatic heterocycles. The Morgan fingerprint density at radius 3 is 2.35 bits per heavy atom. The fourth-order valence-electron chi connectivity index (χ4n) is 2.36. The molecule has 0 aliphatic rings. The lowest BCUT2D eigenvalue weighted by Gasteiger charge is -2.24. The Kier molecular flexibility index (Phi) is 8.59. The number of carbonyl (C=O) groups excluding carboxylic acids is 1. The SMILES string of the molecule is CCCN(CCC)C(=O)C(C#N)CCOc1ccccc1OC. The van der Waals surface area contributed by atoms with Gasteiger partial charge in [0, 0.05) is 19.5 Å².